The van der Waals surface area contributed by atoms with Gasteiger partial charge in [0, 0.05) is 18.7 Å². The number of nitrogens with two attached hydrogens (primary N) is 1. The van der Waals surface area contributed by atoms with E-state index in [1.807, 2.05) is 13.8 Å². The molecular formula is C13H17F3N2O. The molecule has 0 aromatic heterocycles. The van der Waals surface area contributed by atoms with Crippen LogP contribution in [0.3, 0.4) is 0 Å². The van der Waals surface area contributed by atoms with Crippen molar-refractivity contribution in [3.63, 3.8) is 0 Å². The first kappa shape index (κ1) is 15.5. The van der Waals surface area contributed by atoms with Crippen LogP contribution in [0.1, 0.15) is 31.4 Å². The molecule has 0 aliphatic rings. The summed E-state index contributed by atoms with van der Waals surface area (Å²) in [6.45, 7) is 3.52. The van der Waals surface area contributed by atoms with E-state index in [0.29, 0.717) is 0 Å². The molecule has 0 heterocycles. The van der Waals surface area contributed by atoms with Crippen molar-refractivity contribution < 1.29 is 18.0 Å². The van der Waals surface area contributed by atoms with Crippen LogP contribution in [0.5, 0.6) is 0 Å². The topological polar surface area (TPSA) is 55.1 Å². The normalized spacial score (nSPS) is 11.7. The molecule has 0 atom stereocenters. The standard InChI is InChI=1S/C13H17F3N2O/c1-8(2)5-12(19)18-10-4-3-9(7-17)11(6-10)13(14,15)16/h3-4,6,8H,5,7,17H2,1-2H3,(H,18,19). The van der Waals surface area contributed by atoms with Crippen LogP contribution >= 0.6 is 0 Å². The van der Waals surface area contributed by atoms with Gasteiger partial charge in [0.05, 0.1) is 5.56 Å². The summed E-state index contributed by atoms with van der Waals surface area (Å²) in [6.07, 6.45) is -4.21. The van der Waals surface area contributed by atoms with Crippen LogP contribution < -0.4 is 11.1 Å². The van der Waals surface area contributed by atoms with Gasteiger partial charge in [-0.25, -0.2) is 0 Å². The van der Waals surface area contributed by atoms with Crippen LogP contribution in [0.25, 0.3) is 0 Å². The van der Waals surface area contributed by atoms with Crippen molar-refractivity contribution in [3.05, 3.63) is 29.3 Å². The molecular weight excluding hydrogens is 257 g/mol. The van der Waals surface area contributed by atoms with E-state index in [1.165, 1.54) is 12.1 Å². The van der Waals surface area contributed by atoms with E-state index in [1.54, 1.807) is 0 Å². The lowest BCUT2D eigenvalue weighted by atomic mass is 10.1. The molecule has 0 spiro atoms. The van der Waals surface area contributed by atoms with Gasteiger partial charge in [-0.15, -0.1) is 0 Å². The van der Waals surface area contributed by atoms with E-state index in [0.717, 1.165) is 6.07 Å². The lowest BCUT2D eigenvalue weighted by Gasteiger charge is -2.14. The summed E-state index contributed by atoms with van der Waals surface area (Å²) in [6, 6.07) is 3.63. The largest absolute Gasteiger partial charge is 0.416 e. The Morgan fingerprint density at radius 2 is 2.00 bits per heavy atom. The zero-order chi connectivity index (χ0) is 14.6. The number of hydrogen-bond donors (Lipinski definition) is 2. The predicted molar refractivity (Wildman–Crippen MR) is 67.4 cm³/mol. The Hall–Kier alpha value is -1.56. The van der Waals surface area contributed by atoms with E-state index in [4.69, 9.17) is 5.73 Å². The van der Waals surface area contributed by atoms with Crippen LogP contribution in [0.2, 0.25) is 0 Å². The number of alkyl halides is 3. The summed E-state index contributed by atoms with van der Waals surface area (Å²) in [7, 11) is 0. The first-order valence-electron chi connectivity index (χ1n) is 5.94. The van der Waals surface area contributed by atoms with Crippen LogP contribution in [-0.2, 0) is 17.5 Å². The highest BCUT2D eigenvalue weighted by atomic mass is 19.4. The van der Waals surface area contributed by atoms with Crippen LogP contribution in [0.4, 0.5) is 18.9 Å². The lowest BCUT2D eigenvalue weighted by molar-refractivity contribution is -0.138. The second kappa shape index (κ2) is 6.06. The molecule has 0 bridgehead atoms. The Morgan fingerprint density at radius 3 is 2.47 bits per heavy atom. The minimum atomic E-state index is -4.48. The van der Waals surface area contributed by atoms with Crippen molar-refractivity contribution >= 4 is 11.6 Å². The molecule has 1 aromatic rings. The number of nitrogens with one attached hydrogen (secondary N) is 1. The molecule has 0 saturated heterocycles. The third-order valence-electron chi connectivity index (χ3n) is 2.51. The number of hydrogen-bond acceptors (Lipinski definition) is 2. The first-order chi connectivity index (χ1) is 8.74. The van der Waals surface area contributed by atoms with Crippen molar-refractivity contribution in [2.24, 2.45) is 11.7 Å². The fraction of sp³-hybridized carbons (Fsp3) is 0.462. The molecule has 19 heavy (non-hydrogen) atoms. The van der Waals surface area contributed by atoms with E-state index >= 15 is 0 Å². The van der Waals surface area contributed by atoms with Gasteiger partial charge in [0.15, 0.2) is 0 Å². The molecule has 0 radical (unpaired) electrons. The fourth-order valence-corrected chi connectivity index (χ4v) is 1.68. The second-order valence-electron chi connectivity index (χ2n) is 4.72. The molecule has 0 aliphatic heterocycles. The van der Waals surface area contributed by atoms with Gasteiger partial charge in [0.2, 0.25) is 5.91 Å². The average molecular weight is 274 g/mol. The van der Waals surface area contributed by atoms with Crippen molar-refractivity contribution in [1.29, 1.82) is 0 Å². The highest BCUT2D eigenvalue weighted by molar-refractivity contribution is 5.90. The molecule has 3 N–H and O–H groups in total. The van der Waals surface area contributed by atoms with E-state index in [9.17, 15) is 18.0 Å². The number of amides is 1. The SMILES string of the molecule is CC(C)CC(=O)Nc1ccc(CN)c(C(F)(F)F)c1. The first-order valence-corrected chi connectivity index (χ1v) is 5.94. The maximum absolute atomic E-state index is 12.8. The van der Waals surface area contributed by atoms with Crippen molar-refractivity contribution in [2.75, 3.05) is 5.32 Å². The second-order valence-corrected chi connectivity index (χ2v) is 4.72. The molecule has 0 fully saturated rings. The number of benzene rings is 1. The smallest absolute Gasteiger partial charge is 0.326 e. The summed E-state index contributed by atoms with van der Waals surface area (Å²) in [5.74, 6) is -0.158. The number of anilines is 1. The Labute approximate surface area is 110 Å². The summed E-state index contributed by atoms with van der Waals surface area (Å²) in [5, 5.41) is 2.46. The third-order valence-corrected chi connectivity index (χ3v) is 2.51. The maximum Gasteiger partial charge on any atom is 0.416 e. The highest BCUT2D eigenvalue weighted by Crippen LogP contribution is 2.33. The molecule has 1 amide bonds. The van der Waals surface area contributed by atoms with E-state index in [2.05, 4.69) is 5.32 Å². The predicted octanol–water partition coefficient (Wildman–Crippen LogP) is 3.15. The summed E-state index contributed by atoms with van der Waals surface area (Å²) in [5.41, 5.74) is 4.61. The van der Waals surface area contributed by atoms with Gasteiger partial charge in [0.1, 0.15) is 0 Å². The van der Waals surface area contributed by atoms with Crippen LogP contribution in [-0.4, -0.2) is 5.91 Å². The molecule has 3 nitrogen and oxygen atoms in total. The average Bonchev–Trinajstić information content (AvgIpc) is 2.26. The summed E-state index contributed by atoms with van der Waals surface area (Å²) in [4.78, 5) is 11.5. The van der Waals surface area contributed by atoms with Gasteiger partial charge in [-0.1, -0.05) is 19.9 Å². The number of carbonyl (C=O) groups is 1. The third kappa shape index (κ3) is 4.55. The quantitative estimate of drug-likeness (QED) is 0.886. The monoisotopic (exact) mass is 274 g/mol. The number of halogens is 3. The highest BCUT2D eigenvalue weighted by Gasteiger charge is 2.33. The molecule has 6 heteroatoms. The van der Waals surface area contributed by atoms with Gasteiger partial charge in [-0.3, -0.25) is 4.79 Å². The van der Waals surface area contributed by atoms with Gasteiger partial charge < -0.3 is 11.1 Å². The van der Waals surface area contributed by atoms with Gasteiger partial charge in [-0.05, 0) is 23.6 Å². The molecule has 0 unspecified atom stereocenters. The number of rotatable bonds is 4. The molecule has 0 aliphatic carbocycles. The Balaban J connectivity index is 2.96. The van der Waals surface area contributed by atoms with E-state index < -0.39 is 11.7 Å². The molecule has 106 valence electrons. The van der Waals surface area contributed by atoms with Crippen LogP contribution in [0.15, 0.2) is 18.2 Å². The number of carbonyl (C=O) groups excluding carboxylic acids is 1. The molecule has 1 aromatic carbocycles. The Kier molecular flexibility index (Phi) is 4.94. The van der Waals surface area contributed by atoms with Crippen molar-refractivity contribution in [1.82, 2.24) is 0 Å². The zero-order valence-electron chi connectivity index (χ0n) is 10.8. The fourth-order valence-electron chi connectivity index (χ4n) is 1.68. The van der Waals surface area contributed by atoms with Gasteiger partial charge in [-0.2, -0.15) is 13.2 Å². The summed E-state index contributed by atoms with van der Waals surface area (Å²) >= 11 is 0. The molecule has 1 rings (SSSR count). The van der Waals surface area contributed by atoms with Crippen molar-refractivity contribution in [3.8, 4) is 0 Å². The Morgan fingerprint density at radius 1 is 1.37 bits per heavy atom. The van der Waals surface area contributed by atoms with E-state index in [-0.39, 0.29) is 36.0 Å². The van der Waals surface area contributed by atoms with Crippen molar-refractivity contribution in [2.45, 2.75) is 33.0 Å². The zero-order valence-corrected chi connectivity index (χ0v) is 10.8. The Bertz CT molecular complexity index is 456. The minimum absolute atomic E-state index is 0.00867. The lowest BCUT2D eigenvalue weighted by Crippen LogP contribution is -2.16. The minimum Gasteiger partial charge on any atom is -0.326 e. The maximum atomic E-state index is 12.8. The van der Waals surface area contributed by atoms with Gasteiger partial charge in [0.25, 0.3) is 0 Å². The summed E-state index contributed by atoms with van der Waals surface area (Å²) < 4.78 is 38.4. The molecule has 0 saturated carbocycles. The van der Waals surface area contributed by atoms with Crippen LogP contribution in [0, 0.1) is 5.92 Å². The van der Waals surface area contributed by atoms with Gasteiger partial charge >= 0.3 is 6.18 Å².